The van der Waals surface area contributed by atoms with Crippen LogP contribution in [0.3, 0.4) is 0 Å². The van der Waals surface area contributed by atoms with Crippen molar-refractivity contribution in [3.63, 3.8) is 0 Å². The lowest BCUT2D eigenvalue weighted by molar-refractivity contribution is -0.124. The number of hydrogen-bond donors (Lipinski definition) is 1. The molecule has 0 aliphatic rings. The van der Waals surface area contributed by atoms with Crippen LogP contribution < -0.4 is 5.73 Å². The molecule has 1 aromatic rings. The molecule has 2 N–H and O–H groups in total. The van der Waals surface area contributed by atoms with Gasteiger partial charge in [0.25, 0.3) is 0 Å². The Morgan fingerprint density at radius 2 is 2.00 bits per heavy atom. The first-order valence-corrected chi connectivity index (χ1v) is 5.33. The summed E-state index contributed by atoms with van der Waals surface area (Å²) in [5, 5.41) is 0. The molecule has 0 saturated carbocycles. The van der Waals surface area contributed by atoms with Gasteiger partial charge in [-0.25, -0.2) is 0 Å². The summed E-state index contributed by atoms with van der Waals surface area (Å²) in [6, 6.07) is 8.02. The van der Waals surface area contributed by atoms with Crippen molar-refractivity contribution in [1.29, 1.82) is 0 Å². The molecule has 0 unspecified atom stereocenters. The molecule has 16 heavy (non-hydrogen) atoms. The molecule has 0 spiro atoms. The number of nitrogens with two attached hydrogens (primary N) is 1. The maximum Gasteiger partial charge on any atom is 0.246 e. The quantitative estimate of drug-likeness (QED) is 0.777. The Morgan fingerprint density at radius 3 is 2.56 bits per heavy atom. The highest BCUT2D eigenvalue weighted by molar-refractivity contribution is 5.91. The number of rotatable bonds is 4. The van der Waals surface area contributed by atoms with E-state index in [0.717, 1.165) is 5.56 Å². The lowest BCUT2D eigenvalue weighted by Crippen LogP contribution is -2.30. The molecule has 0 saturated heterocycles. The Bertz CT molecular complexity index is 368. The van der Waals surface area contributed by atoms with E-state index in [0.29, 0.717) is 13.1 Å². The highest BCUT2D eigenvalue weighted by Gasteiger charge is 2.01. The SMILES string of the molecule is Cc1ccc(/C=C/C(=O)N(C)CCN)cc1. The Morgan fingerprint density at radius 1 is 1.38 bits per heavy atom. The fourth-order valence-electron chi connectivity index (χ4n) is 1.28. The Balaban J connectivity index is 2.59. The summed E-state index contributed by atoms with van der Waals surface area (Å²) in [5.74, 6) is -0.0222. The summed E-state index contributed by atoms with van der Waals surface area (Å²) in [6.07, 6.45) is 3.38. The standard InChI is InChI=1S/C13H18N2O/c1-11-3-5-12(6-4-11)7-8-13(16)15(2)10-9-14/h3-8H,9-10,14H2,1-2H3/b8-7+. The first kappa shape index (κ1) is 12.5. The Kier molecular flexibility index (Phi) is 4.73. The van der Waals surface area contributed by atoms with E-state index in [1.807, 2.05) is 37.3 Å². The van der Waals surface area contributed by atoms with Gasteiger partial charge in [-0.2, -0.15) is 0 Å². The van der Waals surface area contributed by atoms with Gasteiger partial charge in [0.15, 0.2) is 0 Å². The molecule has 86 valence electrons. The summed E-state index contributed by atoms with van der Waals surface area (Å²) in [6.45, 7) is 3.10. The van der Waals surface area contributed by atoms with Crippen LogP contribution >= 0.6 is 0 Å². The third kappa shape index (κ3) is 3.87. The summed E-state index contributed by atoms with van der Waals surface area (Å²) in [4.78, 5) is 13.2. The van der Waals surface area contributed by atoms with Gasteiger partial charge in [-0.3, -0.25) is 4.79 Å². The number of nitrogens with zero attached hydrogens (tertiary/aromatic N) is 1. The highest BCUT2D eigenvalue weighted by Crippen LogP contribution is 2.05. The average Bonchev–Trinajstić information content (AvgIpc) is 2.28. The van der Waals surface area contributed by atoms with Gasteiger partial charge in [-0.05, 0) is 18.6 Å². The predicted octanol–water partition coefficient (Wildman–Crippen LogP) is 1.43. The number of hydrogen-bond acceptors (Lipinski definition) is 2. The maximum atomic E-state index is 11.6. The van der Waals surface area contributed by atoms with Crippen molar-refractivity contribution < 1.29 is 4.79 Å². The molecule has 1 rings (SSSR count). The molecule has 0 aliphatic heterocycles. The molecule has 3 nitrogen and oxygen atoms in total. The van der Waals surface area contributed by atoms with Crippen molar-refractivity contribution in [2.24, 2.45) is 5.73 Å². The largest absolute Gasteiger partial charge is 0.341 e. The topological polar surface area (TPSA) is 46.3 Å². The van der Waals surface area contributed by atoms with E-state index in [1.165, 1.54) is 5.56 Å². The lowest BCUT2D eigenvalue weighted by atomic mass is 10.1. The van der Waals surface area contributed by atoms with Crippen LogP contribution in [0.5, 0.6) is 0 Å². The van der Waals surface area contributed by atoms with E-state index >= 15 is 0 Å². The van der Waals surface area contributed by atoms with Crippen LogP contribution in [0, 0.1) is 6.92 Å². The van der Waals surface area contributed by atoms with Gasteiger partial charge in [0.2, 0.25) is 5.91 Å². The van der Waals surface area contributed by atoms with E-state index in [9.17, 15) is 4.79 Å². The molecule has 0 aromatic heterocycles. The second-order valence-electron chi connectivity index (χ2n) is 3.79. The molecule has 0 aliphatic carbocycles. The first-order chi connectivity index (χ1) is 7.63. The van der Waals surface area contributed by atoms with Crippen molar-refractivity contribution in [1.82, 2.24) is 4.90 Å². The normalized spacial score (nSPS) is 10.7. The number of aryl methyl sites for hydroxylation is 1. The zero-order valence-corrected chi connectivity index (χ0v) is 9.81. The fraction of sp³-hybridized carbons (Fsp3) is 0.308. The zero-order chi connectivity index (χ0) is 12.0. The zero-order valence-electron chi connectivity index (χ0n) is 9.81. The van der Waals surface area contributed by atoms with E-state index in [1.54, 1.807) is 18.0 Å². The average molecular weight is 218 g/mol. The van der Waals surface area contributed by atoms with Crippen LogP contribution in [-0.2, 0) is 4.79 Å². The minimum atomic E-state index is -0.0222. The molecule has 0 fully saturated rings. The molecule has 0 bridgehead atoms. The molecular weight excluding hydrogens is 200 g/mol. The van der Waals surface area contributed by atoms with Crippen LogP contribution in [-0.4, -0.2) is 30.9 Å². The van der Waals surface area contributed by atoms with Crippen LogP contribution in [0.25, 0.3) is 6.08 Å². The molecule has 0 atom stereocenters. The van der Waals surface area contributed by atoms with Gasteiger partial charge >= 0.3 is 0 Å². The minimum absolute atomic E-state index is 0.0222. The van der Waals surface area contributed by atoms with Gasteiger partial charge in [-0.15, -0.1) is 0 Å². The van der Waals surface area contributed by atoms with Crippen molar-refractivity contribution in [2.75, 3.05) is 20.1 Å². The molecule has 3 heteroatoms. The number of amides is 1. The van der Waals surface area contributed by atoms with Gasteiger partial charge in [0.1, 0.15) is 0 Å². The molecule has 0 radical (unpaired) electrons. The van der Waals surface area contributed by atoms with Gasteiger partial charge in [0, 0.05) is 26.2 Å². The number of benzene rings is 1. The van der Waals surface area contributed by atoms with E-state index < -0.39 is 0 Å². The van der Waals surface area contributed by atoms with Gasteiger partial charge in [-0.1, -0.05) is 29.8 Å². The molecule has 1 amide bonds. The number of carbonyl (C=O) groups is 1. The van der Waals surface area contributed by atoms with E-state index in [2.05, 4.69) is 0 Å². The summed E-state index contributed by atoms with van der Waals surface area (Å²) >= 11 is 0. The maximum absolute atomic E-state index is 11.6. The smallest absolute Gasteiger partial charge is 0.246 e. The van der Waals surface area contributed by atoms with Crippen LogP contribution in [0.1, 0.15) is 11.1 Å². The molecule has 1 aromatic carbocycles. The minimum Gasteiger partial charge on any atom is -0.341 e. The van der Waals surface area contributed by atoms with Crippen molar-refractivity contribution in [2.45, 2.75) is 6.92 Å². The summed E-state index contributed by atoms with van der Waals surface area (Å²) < 4.78 is 0. The monoisotopic (exact) mass is 218 g/mol. The molecule has 0 heterocycles. The van der Waals surface area contributed by atoms with Crippen LogP contribution in [0.2, 0.25) is 0 Å². The van der Waals surface area contributed by atoms with Crippen molar-refractivity contribution in [3.8, 4) is 0 Å². The van der Waals surface area contributed by atoms with Crippen LogP contribution in [0.4, 0.5) is 0 Å². The van der Waals surface area contributed by atoms with Crippen LogP contribution in [0.15, 0.2) is 30.3 Å². The summed E-state index contributed by atoms with van der Waals surface area (Å²) in [5.41, 5.74) is 7.61. The third-order valence-electron chi connectivity index (χ3n) is 2.34. The second kappa shape index (κ2) is 6.08. The summed E-state index contributed by atoms with van der Waals surface area (Å²) in [7, 11) is 1.74. The fourth-order valence-corrected chi connectivity index (χ4v) is 1.28. The Hall–Kier alpha value is -1.61. The Labute approximate surface area is 96.6 Å². The van der Waals surface area contributed by atoms with E-state index in [4.69, 9.17) is 5.73 Å². The van der Waals surface area contributed by atoms with Crippen molar-refractivity contribution >= 4 is 12.0 Å². The number of carbonyl (C=O) groups excluding carboxylic acids is 1. The lowest BCUT2D eigenvalue weighted by Gasteiger charge is -2.12. The predicted molar refractivity (Wildman–Crippen MR) is 66.9 cm³/mol. The highest BCUT2D eigenvalue weighted by atomic mass is 16.2. The van der Waals surface area contributed by atoms with Gasteiger partial charge in [0.05, 0.1) is 0 Å². The third-order valence-corrected chi connectivity index (χ3v) is 2.34. The second-order valence-corrected chi connectivity index (χ2v) is 3.79. The first-order valence-electron chi connectivity index (χ1n) is 5.33. The van der Waals surface area contributed by atoms with Gasteiger partial charge < -0.3 is 10.6 Å². The molecular formula is C13H18N2O. The van der Waals surface area contributed by atoms with Crippen molar-refractivity contribution in [3.05, 3.63) is 41.5 Å². The number of likely N-dealkylation sites (N-methyl/N-ethyl adjacent to an activating group) is 1. The van der Waals surface area contributed by atoms with E-state index in [-0.39, 0.29) is 5.91 Å².